The number of rotatable bonds is 5. The van der Waals surface area contributed by atoms with Gasteiger partial charge in [-0.05, 0) is 19.3 Å². The van der Waals surface area contributed by atoms with Crippen LogP contribution in [0.25, 0.3) is 0 Å². The first-order valence-corrected chi connectivity index (χ1v) is 5.97. The van der Waals surface area contributed by atoms with Crippen LogP contribution in [0.15, 0.2) is 5.16 Å². The van der Waals surface area contributed by atoms with Gasteiger partial charge in [0.2, 0.25) is 0 Å². The van der Waals surface area contributed by atoms with E-state index in [4.69, 9.17) is 15.7 Å². The average Bonchev–Trinajstić information content (AvgIpc) is 2.75. The summed E-state index contributed by atoms with van der Waals surface area (Å²) in [5.74, 6) is 0.403. The Morgan fingerprint density at radius 3 is 2.82 bits per heavy atom. The molecule has 1 aliphatic heterocycles. The van der Waals surface area contributed by atoms with Crippen molar-refractivity contribution in [2.75, 3.05) is 19.7 Å². The molecule has 0 aromatic rings. The van der Waals surface area contributed by atoms with Crippen LogP contribution in [0.4, 0.5) is 0 Å². The summed E-state index contributed by atoms with van der Waals surface area (Å²) in [6.07, 6.45) is 0.966. The first-order chi connectivity index (χ1) is 8.10. The van der Waals surface area contributed by atoms with Crippen LogP contribution in [0.5, 0.6) is 0 Å². The Labute approximate surface area is 101 Å². The molecule has 0 bridgehead atoms. The van der Waals surface area contributed by atoms with Crippen molar-refractivity contribution in [3.8, 4) is 0 Å². The van der Waals surface area contributed by atoms with Gasteiger partial charge in [0.25, 0.3) is 5.91 Å². The third-order valence-electron chi connectivity index (χ3n) is 3.09. The van der Waals surface area contributed by atoms with Crippen molar-refractivity contribution in [1.29, 1.82) is 0 Å². The third kappa shape index (κ3) is 3.59. The quantitative estimate of drug-likeness (QED) is 0.316. The van der Waals surface area contributed by atoms with E-state index >= 15 is 0 Å². The molecule has 1 rings (SSSR count). The monoisotopic (exact) mass is 243 g/mol. The summed E-state index contributed by atoms with van der Waals surface area (Å²) >= 11 is 0. The largest absolute Gasteiger partial charge is 0.409 e. The predicted molar refractivity (Wildman–Crippen MR) is 63.8 cm³/mol. The molecule has 1 heterocycles. The molecule has 6 nitrogen and oxygen atoms in total. The Balaban J connectivity index is 2.51. The molecule has 0 spiro atoms. The molecule has 0 aromatic heterocycles. The highest BCUT2D eigenvalue weighted by molar-refractivity contribution is 5.83. The van der Waals surface area contributed by atoms with E-state index in [2.05, 4.69) is 5.16 Å². The minimum atomic E-state index is -0.331. The molecule has 17 heavy (non-hydrogen) atoms. The Hall–Kier alpha value is -1.30. The number of hydrogen-bond donors (Lipinski definition) is 2. The van der Waals surface area contributed by atoms with Crippen LogP contribution < -0.4 is 5.73 Å². The Morgan fingerprint density at radius 2 is 2.35 bits per heavy atom. The number of oxime groups is 1. The lowest BCUT2D eigenvalue weighted by Gasteiger charge is -2.25. The maximum absolute atomic E-state index is 12.1. The standard InChI is InChI=1S/C11H21N3O3/c1-3-14(6-4-9(12)13-16)11(15)10-8(2)5-7-17-10/h8,10,16H,3-7H2,1-2H3,(H2,12,13). The molecule has 98 valence electrons. The first kappa shape index (κ1) is 13.8. The predicted octanol–water partition coefficient (Wildman–Crippen LogP) is 0.396. The van der Waals surface area contributed by atoms with Crippen molar-refractivity contribution in [2.24, 2.45) is 16.8 Å². The second kappa shape index (κ2) is 6.44. The van der Waals surface area contributed by atoms with E-state index in [0.29, 0.717) is 26.1 Å². The van der Waals surface area contributed by atoms with Crippen LogP contribution >= 0.6 is 0 Å². The molecule has 0 aliphatic carbocycles. The van der Waals surface area contributed by atoms with Gasteiger partial charge in [0.05, 0.1) is 0 Å². The maximum atomic E-state index is 12.1. The van der Waals surface area contributed by atoms with Crippen molar-refractivity contribution in [3.63, 3.8) is 0 Å². The van der Waals surface area contributed by atoms with Crippen molar-refractivity contribution in [2.45, 2.75) is 32.8 Å². The second-order valence-electron chi connectivity index (χ2n) is 4.32. The van der Waals surface area contributed by atoms with Crippen molar-refractivity contribution >= 4 is 11.7 Å². The summed E-state index contributed by atoms with van der Waals surface area (Å²) in [5, 5.41) is 11.3. The zero-order chi connectivity index (χ0) is 12.8. The Morgan fingerprint density at radius 1 is 1.65 bits per heavy atom. The van der Waals surface area contributed by atoms with Crippen molar-refractivity contribution < 1.29 is 14.7 Å². The van der Waals surface area contributed by atoms with Gasteiger partial charge in [0.1, 0.15) is 11.9 Å². The van der Waals surface area contributed by atoms with Crippen LogP contribution in [0.3, 0.4) is 0 Å². The van der Waals surface area contributed by atoms with E-state index in [1.165, 1.54) is 0 Å². The van der Waals surface area contributed by atoms with Gasteiger partial charge >= 0.3 is 0 Å². The molecule has 2 atom stereocenters. The highest BCUT2D eigenvalue weighted by Gasteiger charge is 2.33. The van der Waals surface area contributed by atoms with E-state index < -0.39 is 0 Å². The lowest BCUT2D eigenvalue weighted by Crippen LogP contribution is -2.42. The number of likely N-dealkylation sites (N-methyl/N-ethyl adjacent to an activating group) is 1. The topological polar surface area (TPSA) is 88.1 Å². The van der Waals surface area contributed by atoms with Crippen LogP contribution in [-0.2, 0) is 9.53 Å². The fourth-order valence-corrected chi connectivity index (χ4v) is 1.91. The van der Waals surface area contributed by atoms with Gasteiger partial charge in [-0.25, -0.2) is 0 Å². The molecule has 1 fully saturated rings. The van der Waals surface area contributed by atoms with Gasteiger partial charge in [-0.2, -0.15) is 0 Å². The van der Waals surface area contributed by atoms with Gasteiger partial charge in [-0.15, -0.1) is 0 Å². The smallest absolute Gasteiger partial charge is 0.251 e. The molecule has 1 amide bonds. The molecule has 6 heteroatoms. The lowest BCUT2D eigenvalue weighted by molar-refractivity contribution is -0.142. The van der Waals surface area contributed by atoms with E-state index in [1.807, 2.05) is 13.8 Å². The minimum Gasteiger partial charge on any atom is -0.409 e. The molecule has 0 radical (unpaired) electrons. The Kier molecular flexibility index (Phi) is 5.21. The van der Waals surface area contributed by atoms with Crippen LogP contribution in [0.1, 0.15) is 26.7 Å². The zero-order valence-electron chi connectivity index (χ0n) is 10.4. The highest BCUT2D eigenvalue weighted by atomic mass is 16.5. The van der Waals surface area contributed by atoms with Gasteiger partial charge in [0, 0.05) is 26.1 Å². The molecular weight excluding hydrogens is 222 g/mol. The molecule has 2 unspecified atom stereocenters. The summed E-state index contributed by atoms with van der Waals surface area (Å²) in [6.45, 7) is 5.63. The van der Waals surface area contributed by atoms with E-state index in [9.17, 15) is 4.79 Å². The number of nitrogens with two attached hydrogens (primary N) is 1. The maximum Gasteiger partial charge on any atom is 0.251 e. The fraction of sp³-hybridized carbons (Fsp3) is 0.818. The van der Waals surface area contributed by atoms with Gasteiger partial charge < -0.3 is 20.6 Å². The van der Waals surface area contributed by atoms with Crippen LogP contribution in [0.2, 0.25) is 0 Å². The summed E-state index contributed by atoms with van der Waals surface area (Å²) in [5.41, 5.74) is 5.39. The van der Waals surface area contributed by atoms with Gasteiger partial charge in [0.15, 0.2) is 0 Å². The lowest BCUT2D eigenvalue weighted by atomic mass is 10.0. The second-order valence-corrected chi connectivity index (χ2v) is 4.32. The van der Waals surface area contributed by atoms with Crippen molar-refractivity contribution in [3.05, 3.63) is 0 Å². The number of amidine groups is 1. The molecule has 0 aromatic carbocycles. The van der Waals surface area contributed by atoms with E-state index in [1.54, 1.807) is 4.90 Å². The van der Waals surface area contributed by atoms with E-state index in [-0.39, 0.29) is 23.8 Å². The molecule has 1 aliphatic rings. The first-order valence-electron chi connectivity index (χ1n) is 5.97. The molecule has 1 saturated heterocycles. The minimum absolute atomic E-state index is 0.00300. The highest BCUT2D eigenvalue weighted by Crippen LogP contribution is 2.21. The van der Waals surface area contributed by atoms with E-state index in [0.717, 1.165) is 6.42 Å². The third-order valence-corrected chi connectivity index (χ3v) is 3.09. The van der Waals surface area contributed by atoms with Crippen LogP contribution in [0, 0.1) is 5.92 Å². The fourth-order valence-electron chi connectivity index (χ4n) is 1.91. The van der Waals surface area contributed by atoms with Crippen molar-refractivity contribution in [1.82, 2.24) is 4.90 Å². The number of hydrogen-bond acceptors (Lipinski definition) is 4. The number of carbonyl (C=O) groups excluding carboxylic acids is 1. The Bertz CT molecular complexity index is 294. The number of carbonyl (C=O) groups is 1. The number of ether oxygens (including phenoxy) is 1. The summed E-state index contributed by atoms with van der Waals surface area (Å²) < 4.78 is 5.44. The number of amides is 1. The zero-order valence-corrected chi connectivity index (χ0v) is 10.4. The molecule has 0 saturated carbocycles. The summed E-state index contributed by atoms with van der Waals surface area (Å²) in [4.78, 5) is 13.8. The SMILES string of the molecule is CCN(CCC(N)=NO)C(=O)C1OCCC1C. The number of nitrogens with zero attached hydrogens (tertiary/aromatic N) is 2. The average molecular weight is 243 g/mol. The van der Waals surface area contributed by atoms with Gasteiger partial charge in [-0.3, -0.25) is 4.79 Å². The van der Waals surface area contributed by atoms with Gasteiger partial charge in [-0.1, -0.05) is 12.1 Å². The summed E-state index contributed by atoms with van der Waals surface area (Å²) in [6, 6.07) is 0. The molecular formula is C11H21N3O3. The normalized spacial score (nSPS) is 24.9. The summed E-state index contributed by atoms with van der Waals surface area (Å²) in [7, 11) is 0. The van der Waals surface area contributed by atoms with Crippen LogP contribution in [-0.4, -0.2) is 47.7 Å². The molecule has 3 N–H and O–H groups in total.